The van der Waals surface area contributed by atoms with Gasteiger partial charge in [0.15, 0.2) is 26.3 Å². The predicted octanol–water partition coefficient (Wildman–Crippen LogP) is 15.1. The number of aliphatic hydroxyl groups excluding tert-OH is 2. The van der Waals surface area contributed by atoms with Crippen LogP contribution in [0.25, 0.3) is 0 Å². The molecule has 30 atom stereocenters. The molecule has 36 heteroatoms. The number of sulfonamides is 2. The summed E-state index contributed by atoms with van der Waals surface area (Å²) in [5.41, 5.74) is 2.60. The van der Waals surface area contributed by atoms with Crippen LogP contribution >= 0.6 is 14.7 Å². The van der Waals surface area contributed by atoms with Gasteiger partial charge in [-0.1, -0.05) is 153 Å². The number of ether oxygens (including phenoxy) is 8. The van der Waals surface area contributed by atoms with Crippen molar-refractivity contribution >= 4 is 81.7 Å². The number of amides is 2. The van der Waals surface area contributed by atoms with Crippen LogP contribution in [-0.2, 0) is 114 Å². The number of hydrogen-bond acceptors (Lipinski definition) is 28. The highest BCUT2D eigenvalue weighted by Crippen LogP contribution is 2.49. The molecule has 4 N–H and O–H groups in total. The van der Waals surface area contributed by atoms with Crippen molar-refractivity contribution < 1.29 is 132 Å². The van der Waals surface area contributed by atoms with Crippen molar-refractivity contribution in [2.45, 2.75) is 373 Å². The number of piperidine rings is 2. The van der Waals surface area contributed by atoms with E-state index in [4.69, 9.17) is 46.9 Å². The van der Waals surface area contributed by atoms with E-state index in [2.05, 4.69) is 0 Å². The molecule has 0 aromatic heterocycles. The number of carbonyl (C=O) groups is 8. The monoisotopic (exact) mass is 2100 g/mol. The van der Waals surface area contributed by atoms with Crippen LogP contribution in [0, 0.1) is 71.0 Å². The average molecular weight is 2100 g/mol. The Labute approximate surface area is 858 Å². The molecule has 0 aromatic rings. The number of aliphatic hydroxyl groups is 4. The molecule has 32 nitrogen and oxygen atoms in total. The first-order chi connectivity index (χ1) is 67.6. The largest absolute Gasteiger partial charge is 0.461 e. The highest BCUT2D eigenvalue weighted by molar-refractivity contribution is 7.90. The fourth-order valence-electron chi connectivity index (χ4n) is 23.0. The number of ketones is 4. The van der Waals surface area contributed by atoms with Crippen molar-refractivity contribution in [3.8, 4) is 0 Å². The van der Waals surface area contributed by atoms with Crippen LogP contribution in [0.4, 0.5) is 0 Å². The van der Waals surface area contributed by atoms with E-state index in [0.29, 0.717) is 153 Å². The maximum Gasteiger partial charge on any atom is 0.329 e. The Hall–Kier alpha value is -5.72. The molecule has 144 heavy (non-hydrogen) atoms. The third-order valence-electron chi connectivity index (χ3n) is 31.8. The second-order valence-electron chi connectivity index (χ2n) is 44.5. The third-order valence-corrected chi connectivity index (χ3v) is 37.0. The van der Waals surface area contributed by atoms with Crippen molar-refractivity contribution in [1.82, 2.24) is 18.4 Å². The predicted molar refractivity (Wildman–Crippen MR) is 553 cm³/mol. The van der Waals surface area contributed by atoms with Crippen molar-refractivity contribution in [3.63, 3.8) is 0 Å². The maximum atomic E-state index is 14.6. The van der Waals surface area contributed by atoms with E-state index in [1.807, 2.05) is 130 Å². The molecule has 816 valence electrons. The Bertz CT molecular complexity index is 4650. The van der Waals surface area contributed by atoms with Crippen molar-refractivity contribution in [1.29, 1.82) is 0 Å². The standard InChI is InChI=1S/2C54H87N2O14PS/c2*1-34-17-13-12-14-18-36(3)44(56-27-28-72(56,64)65)33-42-23-21-40(7)54(62,69-42)51(59)52(60)55-26-16-15-19-43(55)53(61)68-45(37(4)31-41-22-25-46(47(32-41)66-8)70-71(10,11)63)24-20-35(2)30-39(6)49(58)50(67-9)48(57)38(5)29-34/h2*12-14,17-18,30,34-35,37-38,40-47,49-50,58,62H,15-16,19-29,31-33H2,1-11H3/b2*14-12+,17-13+,36-18+,39-30+/t2*34-,35+,37-,38-,40-,41+,42+,43+,44?,45+,46-,47-,49-,50+,54-/m11/s1. The van der Waals surface area contributed by atoms with Gasteiger partial charge in [-0.2, -0.15) is 8.61 Å². The number of nitrogens with zero attached hydrogens (tertiary/aromatic N) is 4. The second-order valence-corrected chi connectivity index (χ2v) is 54.0. The van der Waals surface area contributed by atoms with Gasteiger partial charge in [0.25, 0.3) is 23.4 Å². The Morgan fingerprint density at radius 2 is 0.778 bits per heavy atom. The number of fused-ring (bicyclic) bond motifs is 6. The summed E-state index contributed by atoms with van der Waals surface area (Å²) in [5, 5.41) is 47.4. The van der Waals surface area contributed by atoms with Gasteiger partial charge >= 0.3 is 11.9 Å². The van der Waals surface area contributed by atoms with Crippen LogP contribution in [0.1, 0.15) is 264 Å². The van der Waals surface area contributed by atoms with E-state index in [-0.39, 0.29) is 134 Å². The Morgan fingerprint density at radius 1 is 0.417 bits per heavy atom. The zero-order valence-corrected chi connectivity index (χ0v) is 93.2. The molecular weight excluding hydrogens is 1930 g/mol. The SMILES string of the molecule is CO[C@@H]1C[C@H](C[C@@H](C)[C@@H]2CC[C@H](C)/C=C(\C)[C@@H](O)[C@@H](OC)C(=O)[C@H](C)C[C@H](C)/C=C/C=C/C=C(\C)C(N3CCS3(=O)=O)C[C@@H]3CC[C@@H](C)[C@@](O)(O3)C(=O)C(=O)N3CCCC[C@H]3C(=O)O2)CC[C@H]1OP(C)(C)=O.CO[C@@H]1C[C@H](C[C@@H](C)[C@@H]2CC[C@H](C)/C=C(\C)[C@@H](O)[C@@H](OC)C(=O)[C@H](C)C[C@H](C)/C=C/C=C/C=C(\C)C(N3CCS3(=O)=O)C[C@@H]3CC[C@@H](C)[C@@](O)(O3)C(=O)C(=O)N3CCCC[C@H]3C(=O)O2)CC[C@H]1OP(C)(C)=O. The summed E-state index contributed by atoms with van der Waals surface area (Å²) < 4.78 is 141. The molecular formula is C108H174N4O28P2S2. The second kappa shape index (κ2) is 54.5. The summed E-state index contributed by atoms with van der Waals surface area (Å²) in [7, 11) is -6.52. The number of hydrogen-bond donors (Lipinski definition) is 4. The molecule has 0 aromatic carbocycles. The van der Waals surface area contributed by atoms with Crippen LogP contribution in [0.15, 0.2) is 95.2 Å². The van der Waals surface area contributed by atoms with Gasteiger partial charge in [0.05, 0.1) is 48.1 Å². The van der Waals surface area contributed by atoms with E-state index in [1.54, 1.807) is 80.7 Å². The number of methoxy groups -OCH3 is 4. The van der Waals surface area contributed by atoms with Gasteiger partial charge in [-0.05, 0) is 253 Å². The van der Waals surface area contributed by atoms with Crippen molar-refractivity contribution in [2.75, 3.05) is 92.8 Å². The highest BCUT2D eigenvalue weighted by Gasteiger charge is 2.57. The molecule has 2 amide bonds. The van der Waals surface area contributed by atoms with Crippen LogP contribution in [-0.4, -0.2) is 304 Å². The molecule has 0 radical (unpaired) electrons. The van der Waals surface area contributed by atoms with Gasteiger partial charge in [-0.15, -0.1) is 0 Å². The molecule has 2 aliphatic carbocycles. The lowest BCUT2D eigenvalue weighted by molar-refractivity contribution is -0.264. The van der Waals surface area contributed by atoms with Crippen LogP contribution in [0.2, 0.25) is 0 Å². The van der Waals surface area contributed by atoms with E-state index < -0.39 is 178 Å². The molecule has 10 rings (SSSR count). The minimum atomic E-state index is -3.54. The summed E-state index contributed by atoms with van der Waals surface area (Å²) in [6.45, 7) is 33.4. The van der Waals surface area contributed by atoms with E-state index in [0.717, 1.165) is 24.0 Å². The summed E-state index contributed by atoms with van der Waals surface area (Å²) in [4.78, 5) is 117. The zero-order chi connectivity index (χ0) is 107. The van der Waals surface area contributed by atoms with Crippen LogP contribution in [0.3, 0.4) is 0 Å². The third kappa shape index (κ3) is 33.2. The number of allylic oxidation sites excluding steroid dienone is 12. The van der Waals surface area contributed by atoms with Gasteiger partial charge < -0.3 is 77.2 Å². The van der Waals surface area contributed by atoms with E-state index >= 15 is 0 Å². The van der Waals surface area contributed by atoms with Crippen molar-refractivity contribution in [2.24, 2.45) is 71.0 Å². The number of Topliss-reactive ketones (excluding diaryl/α,β-unsaturated/α-hetero) is 4. The Balaban J connectivity index is 0.000000321. The zero-order valence-electron chi connectivity index (χ0n) is 89.8. The summed E-state index contributed by atoms with van der Waals surface area (Å²) in [6, 6.07) is -3.47. The molecule has 10 aliphatic rings. The van der Waals surface area contributed by atoms with E-state index in [9.17, 15) is 84.7 Å². The quantitative estimate of drug-likeness (QED) is 0.0482. The smallest absolute Gasteiger partial charge is 0.329 e. The van der Waals surface area contributed by atoms with Crippen LogP contribution < -0.4 is 0 Å². The first kappa shape index (κ1) is 122. The van der Waals surface area contributed by atoms with Gasteiger partial charge in [0.2, 0.25) is 31.6 Å². The first-order valence-corrected chi connectivity index (χ1v) is 61.2. The van der Waals surface area contributed by atoms with E-state index in [1.165, 1.54) is 32.6 Å². The maximum absolute atomic E-state index is 14.6. The van der Waals surface area contributed by atoms with Gasteiger partial charge in [0.1, 0.15) is 48.7 Å². The molecule has 8 aliphatic heterocycles. The van der Waals surface area contributed by atoms with Gasteiger partial charge in [-0.3, -0.25) is 37.9 Å². The molecule has 8 fully saturated rings. The van der Waals surface area contributed by atoms with Gasteiger partial charge in [-0.25, -0.2) is 26.4 Å². The minimum Gasteiger partial charge on any atom is -0.461 e. The average Bonchev–Trinajstić information content (AvgIpc) is 0.765. The highest BCUT2D eigenvalue weighted by atomic mass is 32.2. The lowest BCUT2D eigenvalue weighted by Gasteiger charge is -2.44. The number of carbonyl (C=O) groups excluding carboxylic acids is 8. The normalized spacial score (nSPS) is 39.8. The molecule has 8 heterocycles. The Kier molecular flexibility index (Phi) is 46.1. The molecule has 4 bridgehead atoms. The number of cyclic esters (lactones) is 2. The lowest BCUT2D eigenvalue weighted by atomic mass is 9.78. The van der Waals surface area contributed by atoms with Crippen molar-refractivity contribution in [3.05, 3.63) is 95.2 Å². The summed E-state index contributed by atoms with van der Waals surface area (Å²) in [6.07, 6.45) is 27.1. The first-order valence-electron chi connectivity index (χ1n) is 52.9. The molecule has 2 saturated carbocycles. The number of esters is 2. The van der Waals surface area contributed by atoms with Crippen LogP contribution in [0.5, 0.6) is 0 Å². The summed E-state index contributed by atoms with van der Waals surface area (Å²) >= 11 is 0. The minimum absolute atomic E-state index is 0.00174. The Morgan fingerprint density at radius 3 is 1.10 bits per heavy atom. The molecule has 6 saturated heterocycles. The topological polar surface area (TPSA) is 425 Å². The fraction of sp³-hybridized carbons (Fsp3) is 0.778. The number of rotatable bonds is 16. The fourth-order valence-corrected chi connectivity index (χ4v) is 27.5. The van der Waals surface area contributed by atoms with Gasteiger partial charge in [0, 0.05) is 117 Å². The summed E-state index contributed by atoms with van der Waals surface area (Å²) in [5.74, 6) is -13.7. The molecule has 2 unspecified atom stereocenters. The molecule has 0 spiro atoms. The lowest BCUT2D eigenvalue weighted by Crippen LogP contribution is -2.61.